The van der Waals surface area contributed by atoms with E-state index in [0.717, 1.165) is 17.3 Å². The molecule has 3 amide bonds. The molecule has 9 heteroatoms. The van der Waals surface area contributed by atoms with Gasteiger partial charge in [-0.25, -0.2) is 9.89 Å². The second kappa shape index (κ2) is 6.75. The van der Waals surface area contributed by atoms with Crippen molar-refractivity contribution in [2.45, 2.75) is 10.4 Å². The van der Waals surface area contributed by atoms with Gasteiger partial charge in [-0.1, -0.05) is 42.1 Å². The summed E-state index contributed by atoms with van der Waals surface area (Å²) < 4.78 is 0. The number of thioether (sulfide) groups is 1. The largest absolute Gasteiger partial charge is 0.368 e. The van der Waals surface area contributed by atoms with Gasteiger partial charge in [0, 0.05) is 7.05 Å². The van der Waals surface area contributed by atoms with Gasteiger partial charge in [0.2, 0.25) is 17.0 Å². The van der Waals surface area contributed by atoms with E-state index in [1.54, 1.807) is 12.1 Å². The lowest BCUT2D eigenvalue weighted by atomic mass is 10.1. The zero-order valence-corrected chi connectivity index (χ0v) is 12.0. The van der Waals surface area contributed by atoms with Crippen LogP contribution in [0.2, 0.25) is 0 Å². The highest BCUT2D eigenvalue weighted by Gasteiger charge is 2.25. The Kier molecular flexibility index (Phi) is 4.77. The molecule has 8 nitrogen and oxygen atoms in total. The van der Waals surface area contributed by atoms with Crippen LogP contribution in [0.15, 0.2) is 35.5 Å². The van der Waals surface area contributed by atoms with Gasteiger partial charge in [-0.05, 0) is 5.56 Å². The van der Waals surface area contributed by atoms with Crippen molar-refractivity contribution >= 4 is 29.6 Å². The van der Waals surface area contributed by atoms with Crippen LogP contribution in [0.4, 0.5) is 10.7 Å². The van der Waals surface area contributed by atoms with Gasteiger partial charge >= 0.3 is 6.03 Å². The molecule has 0 fully saturated rings. The average molecular weight is 306 g/mol. The monoisotopic (exact) mass is 306 g/mol. The number of amides is 3. The van der Waals surface area contributed by atoms with E-state index in [2.05, 4.69) is 25.8 Å². The number of nitrogen functional groups attached to an aromatic ring is 1. The smallest absolute Gasteiger partial charge is 0.321 e. The fourth-order valence-corrected chi connectivity index (χ4v) is 2.48. The number of rotatable bonds is 4. The SMILES string of the molecule is CNC(=O)NC(=O)[C@@H](Sc1n[nH]c(N)n1)c1ccccc1. The molecule has 0 bridgehead atoms. The lowest BCUT2D eigenvalue weighted by Gasteiger charge is -2.14. The Balaban J connectivity index is 2.22. The van der Waals surface area contributed by atoms with E-state index in [1.807, 2.05) is 18.2 Å². The first-order valence-electron chi connectivity index (χ1n) is 6.02. The van der Waals surface area contributed by atoms with E-state index in [0.29, 0.717) is 5.16 Å². The molecule has 0 spiro atoms. The molecule has 1 atom stereocenters. The number of nitrogens with zero attached hydrogens (tertiary/aromatic N) is 2. The highest BCUT2D eigenvalue weighted by Crippen LogP contribution is 2.33. The molecule has 2 rings (SSSR count). The Morgan fingerprint density at radius 1 is 1.33 bits per heavy atom. The molecule has 5 N–H and O–H groups in total. The number of urea groups is 1. The van der Waals surface area contributed by atoms with Crippen molar-refractivity contribution in [3.05, 3.63) is 35.9 Å². The Labute approximate surface area is 124 Å². The molecule has 1 aromatic carbocycles. The predicted molar refractivity (Wildman–Crippen MR) is 78.4 cm³/mol. The maximum Gasteiger partial charge on any atom is 0.321 e. The topological polar surface area (TPSA) is 126 Å². The van der Waals surface area contributed by atoms with Crippen LogP contribution < -0.4 is 16.4 Å². The van der Waals surface area contributed by atoms with Crippen molar-refractivity contribution in [1.82, 2.24) is 25.8 Å². The van der Waals surface area contributed by atoms with Crippen molar-refractivity contribution in [1.29, 1.82) is 0 Å². The van der Waals surface area contributed by atoms with Gasteiger partial charge in [0.05, 0.1) is 0 Å². The van der Waals surface area contributed by atoms with Gasteiger partial charge in [0.25, 0.3) is 0 Å². The van der Waals surface area contributed by atoms with Crippen LogP contribution in [0, 0.1) is 0 Å². The van der Waals surface area contributed by atoms with Crippen molar-refractivity contribution in [2.24, 2.45) is 0 Å². The summed E-state index contributed by atoms with van der Waals surface area (Å²) in [7, 11) is 1.43. The summed E-state index contributed by atoms with van der Waals surface area (Å²) in [5.41, 5.74) is 6.19. The molecule has 0 saturated carbocycles. The van der Waals surface area contributed by atoms with Crippen LogP contribution in [-0.4, -0.2) is 34.2 Å². The molecule has 0 saturated heterocycles. The zero-order chi connectivity index (χ0) is 15.2. The standard InChI is InChI=1S/C12H14N6O2S/c1-14-11(20)15-9(19)8(7-5-3-2-4-6-7)21-12-16-10(13)17-18-12/h2-6,8H,1H3,(H3,13,16,17,18)(H2,14,15,19,20)/t8-/m0/s1. The van der Waals surface area contributed by atoms with Crippen LogP contribution in [-0.2, 0) is 4.79 Å². The van der Waals surface area contributed by atoms with Crippen LogP contribution >= 0.6 is 11.8 Å². The average Bonchev–Trinajstić information content (AvgIpc) is 2.90. The van der Waals surface area contributed by atoms with Gasteiger partial charge in [0.15, 0.2) is 0 Å². The third-order valence-corrected chi connectivity index (χ3v) is 3.63. The van der Waals surface area contributed by atoms with E-state index < -0.39 is 17.2 Å². The minimum absolute atomic E-state index is 0.163. The number of nitrogens with one attached hydrogen (secondary N) is 3. The van der Waals surface area contributed by atoms with Crippen molar-refractivity contribution < 1.29 is 9.59 Å². The molecular weight excluding hydrogens is 292 g/mol. The van der Waals surface area contributed by atoms with Gasteiger partial charge in [-0.2, -0.15) is 4.98 Å². The highest BCUT2D eigenvalue weighted by atomic mass is 32.2. The summed E-state index contributed by atoms with van der Waals surface area (Å²) in [5.74, 6) is -0.301. The fraction of sp³-hybridized carbons (Fsp3) is 0.167. The van der Waals surface area contributed by atoms with Crippen molar-refractivity contribution in [3.8, 4) is 0 Å². The fourth-order valence-electron chi connectivity index (χ4n) is 1.56. The molecule has 0 aliphatic carbocycles. The van der Waals surface area contributed by atoms with E-state index in [1.165, 1.54) is 7.05 Å². The van der Waals surface area contributed by atoms with Gasteiger partial charge < -0.3 is 11.1 Å². The number of carbonyl (C=O) groups excluding carboxylic acids is 2. The molecule has 0 aliphatic heterocycles. The normalized spacial score (nSPS) is 11.7. The number of imide groups is 1. The molecule has 0 unspecified atom stereocenters. The molecule has 1 aromatic heterocycles. The van der Waals surface area contributed by atoms with E-state index in [4.69, 9.17) is 5.73 Å². The Bertz CT molecular complexity index is 630. The second-order valence-electron chi connectivity index (χ2n) is 3.98. The first-order valence-corrected chi connectivity index (χ1v) is 6.90. The number of H-pyrrole nitrogens is 1. The molecular formula is C12H14N6O2S. The first kappa shape index (κ1) is 14.9. The van der Waals surface area contributed by atoms with Gasteiger partial charge in [-0.3, -0.25) is 10.1 Å². The third kappa shape index (κ3) is 3.96. The lowest BCUT2D eigenvalue weighted by molar-refractivity contribution is -0.119. The molecule has 0 aliphatic rings. The summed E-state index contributed by atoms with van der Waals surface area (Å²) in [6, 6.07) is 8.46. The van der Waals surface area contributed by atoms with Crippen LogP contribution in [0.3, 0.4) is 0 Å². The number of hydrogen-bond acceptors (Lipinski definition) is 6. The number of carbonyl (C=O) groups is 2. The van der Waals surface area contributed by atoms with E-state index in [-0.39, 0.29) is 5.95 Å². The number of nitrogens with two attached hydrogens (primary N) is 1. The number of benzene rings is 1. The highest BCUT2D eigenvalue weighted by molar-refractivity contribution is 8.00. The van der Waals surface area contributed by atoms with Gasteiger partial charge in [-0.15, -0.1) is 5.10 Å². The summed E-state index contributed by atoms with van der Waals surface area (Å²) in [6.45, 7) is 0. The third-order valence-electron chi connectivity index (χ3n) is 2.51. The van der Waals surface area contributed by atoms with Crippen molar-refractivity contribution in [3.63, 3.8) is 0 Å². The quantitative estimate of drug-likeness (QED) is 0.615. The van der Waals surface area contributed by atoms with Crippen molar-refractivity contribution in [2.75, 3.05) is 12.8 Å². The first-order chi connectivity index (χ1) is 10.1. The summed E-state index contributed by atoms with van der Waals surface area (Å²) in [4.78, 5) is 27.5. The zero-order valence-electron chi connectivity index (χ0n) is 11.2. The summed E-state index contributed by atoms with van der Waals surface area (Å²) in [6.07, 6.45) is 0. The Morgan fingerprint density at radius 3 is 2.62 bits per heavy atom. The predicted octanol–water partition coefficient (Wildman–Crippen LogP) is 0.676. The van der Waals surface area contributed by atoms with E-state index >= 15 is 0 Å². The minimum atomic E-state index is -0.668. The number of aromatic nitrogens is 3. The van der Waals surface area contributed by atoms with Crippen LogP contribution in [0.5, 0.6) is 0 Å². The van der Waals surface area contributed by atoms with E-state index in [9.17, 15) is 9.59 Å². The second-order valence-corrected chi connectivity index (χ2v) is 5.05. The maximum atomic E-state index is 12.2. The molecule has 0 radical (unpaired) electrons. The molecule has 21 heavy (non-hydrogen) atoms. The lowest BCUT2D eigenvalue weighted by Crippen LogP contribution is -2.39. The maximum absolute atomic E-state index is 12.2. The minimum Gasteiger partial charge on any atom is -0.368 e. The number of aromatic amines is 1. The Hall–Kier alpha value is -2.55. The van der Waals surface area contributed by atoms with Crippen LogP contribution in [0.1, 0.15) is 10.8 Å². The molecule has 2 aromatic rings. The Morgan fingerprint density at radius 2 is 2.05 bits per heavy atom. The summed E-state index contributed by atoms with van der Waals surface area (Å²) in [5, 5.41) is 10.6. The molecule has 110 valence electrons. The number of anilines is 1. The molecule has 1 heterocycles. The summed E-state index contributed by atoms with van der Waals surface area (Å²) >= 11 is 1.10. The van der Waals surface area contributed by atoms with Crippen LogP contribution in [0.25, 0.3) is 0 Å². The van der Waals surface area contributed by atoms with Gasteiger partial charge in [0.1, 0.15) is 5.25 Å². The number of hydrogen-bond donors (Lipinski definition) is 4.